The number of methoxy groups -OCH3 is 1. The monoisotopic (exact) mass is 241 g/mol. The van der Waals surface area contributed by atoms with Crippen molar-refractivity contribution in [1.29, 1.82) is 0 Å². The first-order valence-corrected chi connectivity index (χ1v) is 5.21. The topological polar surface area (TPSA) is 63.9 Å². The summed E-state index contributed by atoms with van der Waals surface area (Å²) in [7, 11) is 1.58. The van der Waals surface area contributed by atoms with Crippen molar-refractivity contribution in [2.75, 3.05) is 13.7 Å². The van der Waals surface area contributed by atoms with E-state index in [9.17, 15) is 8.78 Å². The number of nitrogens with one attached hydrogen (secondary N) is 1. The van der Waals surface area contributed by atoms with E-state index >= 15 is 0 Å². The average Bonchev–Trinajstić information content (AvgIpc) is 2.69. The molecule has 1 aromatic carbocycles. The van der Waals surface area contributed by atoms with E-state index in [2.05, 4.69) is 9.97 Å². The van der Waals surface area contributed by atoms with Gasteiger partial charge in [0.05, 0.1) is 17.1 Å². The van der Waals surface area contributed by atoms with Crippen LogP contribution < -0.4 is 5.73 Å². The average molecular weight is 241 g/mol. The number of rotatable bonds is 4. The van der Waals surface area contributed by atoms with Crippen LogP contribution in [0, 0.1) is 11.6 Å². The molecule has 6 heteroatoms. The summed E-state index contributed by atoms with van der Waals surface area (Å²) in [6, 6.07) is 1.78. The number of benzene rings is 1. The maximum absolute atomic E-state index is 13.0. The Bertz CT molecular complexity index is 488. The maximum Gasteiger partial charge on any atom is 0.161 e. The number of halogens is 2. The third-order valence-corrected chi connectivity index (χ3v) is 2.53. The normalized spacial score (nSPS) is 13.2. The summed E-state index contributed by atoms with van der Waals surface area (Å²) in [5, 5.41) is 0. The van der Waals surface area contributed by atoms with Gasteiger partial charge in [0.2, 0.25) is 0 Å². The van der Waals surface area contributed by atoms with E-state index in [4.69, 9.17) is 10.5 Å². The quantitative estimate of drug-likeness (QED) is 0.859. The van der Waals surface area contributed by atoms with Crippen LogP contribution >= 0.6 is 0 Å². The molecule has 1 heterocycles. The molecule has 0 saturated heterocycles. The van der Waals surface area contributed by atoms with Crippen molar-refractivity contribution >= 4 is 11.0 Å². The van der Waals surface area contributed by atoms with Crippen molar-refractivity contribution in [2.45, 2.75) is 12.5 Å². The molecule has 0 amide bonds. The molecule has 0 bridgehead atoms. The molecule has 0 aliphatic rings. The van der Waals surface area contributed by atoms with Crippen molar-refractivity contribution in [3.63, 3.8) is 0 Å². The van der Waals surface area contributed by atoms with E-state index < -0.39 is 11.6 Å². The molecular formula is C11H13F2N3O. The molecule has 0 spiro atoms. The van der Waals surface area contributed by atoms with Crippen LogP contribution in [-0.2, 0) is 4.74 Å². The Labute approximate surface area is 96.8 Å². The molecule has 2 aromatic rings. The Morgan fingerprint density at radius 1 is 1.41 bits per heavy atom. The van der Waals surface area contributed by atoms with Crippen LogP contribution in [0.3, 0.4) is 0 Å². The second-order valence-electron chi connectivity index (χ2n) is 3.79. The van der Waals surface area contributed by atoms with Gasteiger partial charge in [0, 0.05) is 25.8 Å². The summed E-state index contributed by atoms with van der Waals surface area (Å²) in [6.45, 7) is 0.501. The van der Waals surface area contributed by atoms with Crippen LogP contribution in [-0.4, -0.2) is 23.7 Å². The number of aromatic nitrogens is 2. The summed E-state index contributed by atoms with van der Waals surface area (Å²) >= 11 is 0. The Morgan fingerprint density at radius 3 is 2.82 bits per heavy atom. The molecule has 92 valence electrons. The number of H-pyrrole nitrogens is 1. The SMILES string of the molecule is COCCC(N)c1nc2cc(F)c(F)cc2[nH]1. The number of fused-ring (bicyclic) bond motifs is 1. The minimum absolute atomic E-state index is 0.339. The highest BCUT2D eigenvalue weighted by Gasteiger charge is 2.13. The van der Waals surface area contributed by atoms with Crippen LogP contribution in [0.4, 0.5) is 8.78 Å². The highest BCUT2D eigenvalue weighted by atomic mass is 19.2. The highest BCUT2D eigenvalue weighted by Crippen LogP contribution is 2.19. The molecule has 1 aromatic heterocycles. The first kappa shape index (κ1) is 11.9. The standard InChI is InChI=1S/C11H13F2N3O/c1-17-3-2-8(14)11-15-9-4-6(12)7(13)5-10(9)16-11/h4-5,8H,2-3,14H2,1H3,(H,15,16). The second kappa shape index (κ2) is 4.77. The van der Waals surface area contributed by atoms with Gasteiger partial charge in [-0.3, -0.25) is 0 Å². The van der Waals surface area contributed by atoms with E-state index in [1.807, 2.05) is 0 Å². The van der Waals surface area contributed by atoms with Gasteiger partial charge in [0.15, 0.2) is 11.6 Å². The predicted molar refractivity (Wildman–Crippen MR) is 59.4 cm³/mol. The lowest BCUT2D eigenvalue weighted by Gasteiger charge is -2.06. The summed E-state index contributed by atoms with van der Waals surface area (Å²) in [4.78, 5) is 7.00. The molecule has 1 unspecified atom stereocenters. The second-order valence-corrected chi connectivity index (χ2v) is 3.79. The van der Waals surface area contributed by atoms with Crippen molar-refractivity contribution in [3.05, 3.63) is 29.6 Å². The van der Waals surface area contributed by atoms with Crippen LogP contribution in [0.15, 0.2) is 12.1 Å². The Kier molecular flexibility index (Phi) is 3.35. The molecule has 17 heavy (non-hydrogen) atoms. The summed E-state index contributed by atoms with van der Waals surface area (Å²) in [5.41, 5.74) is 6.66. The van der Waals surface area contributed by atoms with E-state index in [1.54, 1.807) is 7.11 Å². The van der Waals surface area contributed by atoms with Gasteiger partial charge in [-0.05, 0) is 6.42 Å². The number of nitrogens with zero attached hydrogens (tertiary/aromatic N) is 1. The highest BCUT2D eigenvalue weighted by molar-refractivity contribution is 5.75. The van der Waals surface area contributed by atoms with Crippen molar-refractivity contribution in [3.8, 4) is 0 Å². The van der Waals surface area contributed by atoms with Gasteiger partial charge in [-0.25, -0.2) is 13.8 Å². The maximum atomic E-state index is 13.0. The van der Waals surface area contributed by atoms with Crippen molar-refractivity contribution in [1.82, 2.24) is 9.97 Å². The Morgan fingerprint density at radius 2 is 2.12 bits per heavy atom. The number of imidazole rings is 1. The van der Waals surface area contributed by atoms with E-state index in [0.29, 0.717) is 29.9 Å². The van der Waals surface area contributed by atoms with E-state index in [1.165, 1.54) is 0 Å². The lowest BCUT2D eigenvalue weighted by Crippen LogP contribution is -2.14. The number of aromatic amines is 1. The number of hydrogen-bond acceptors (Lipinski definition) is 3. The number of ether oxygens (including phenoxy) is 1. The molecule has 1 atom stereocenters. The van der Waals surface area contributed by atoms with E-state index in [0.717, 1.165) is 12.1 Å². The fraction of sp³-hybridized carbons (Fsp3) is 0.364. The fourth-order valence-corrected chi connectivity index (χ4v) is 1.58. The third-order valence-electron chi connectivity index (χ3n) is 2.53. The van der Waals surface area contributed by atoms with Gasteiger partial charge in [0.1, 0.15) is 5.82 Å². The molecule has 0 saturated carbocycles. The minimum atomic E-state index is -0.916. The fourth-order valence-electron chi connectivity index (χ4n) is 1.58. The van der Waals surface area contributed by atoms with Crippen LogP contribution in [0.25, 0.3) is 11.0 Å². The first-order valence-electron chi connectivity index (χ1n) is 5.21. The summed E-state index contributed by atoms with van der Waals surface area (Å²) in [6.07, 6.45) is 0.585. The summed E-state index contributed by atoms with van der Waals surface area (Å²) < 4.78 is 30.9. The molecule has 2 rings (SSSR count). The molecule has 3 N–H and O–H groups in total. The van der Waals surface area contributed by atoms with Gasteiger partial charge < -0.3 is 15.5 Å². The summed E-state index contributed by atoms with van der Waals surface area (Å²) in [5.74, 6) is -1.32. The molecular weight excluding hydrogens is 228 g/mol. The van der Waals surface area contributed by atoms with Gasteiger partial charge in [-0.1, -0.05) is 0 Å². The molecule has 0 radical (unpaired) electrons. The van der Waals surface area contributed by atoms with E-state index in [-0.39, 0.29) is 6.04 Å². The number of nitrogens with two attached hydrogens (primary N) is 1. The predicted octanol–water partition coefficient (Wildman–Crippen LogP) is 1.88. The zero-order chi connectivity index (χ0) is 12.4. The zero-order valence-corrected chi connectivity index (χ0v) is 9.34. The first-order chi connectivity index (χ1) is 8.11. The molecule has 0 aliphatic heterocycles. The van der Waals surface area contributed by atoms with Gasteiger partial charge in [0.25, 0.3) is 0 Å². The van der Waals surface area contributed by atoms with Gasteiger partial charge in [-0.15, -0.1) is 0 Å². The number of hydrogen-bond donors (Lipinski definition) is 2. The van der Waals surface area contributed by atoms with Crippen molar-refractivity contribution < 1.29 is 13.5 Å². The smallest absolute Gasteiger partial charge is 0.161 e. The Hall–Kier alpha value is -1.53. The van der Waals surface area contributed by atoms with Crippen LogP contribution in [0.1, 0.15) is 18.3 Å². The Balaban J connectivity index is 2.31. The lowest BCUT2D eigenvalue weighted by molar-refractivity contribution is 0.187. The van der Waals surface area contributed by atoms with Crippen molar-refractivity contribution in [2.24, 2.45) is 5.73 Å². The lowest BCUT2D eigenvalue weighted by atomic mass is 10.2. The van der Waals surface area contributed by atoms with Gasteiger partial charge >= 0.3 is 0 Å². The molecule has 0 fully saturated rings. The molecule has 0 aliphatic carbocycles. The zero-order valence-electron chi connectivity index (χ0n) is 9.34. The largest absolute Gasteiger partial charge is 0.385 e. The van der Waals surface area contributed by atoms with Crippen LogP contribution in [0.2, 0.25) is 0 Å². The van der Waals surface area contributed by atoms with Crippen LogP contribution in [0.5, 0.6) is 0 Å². The minimum Gasteiger partial charge on any atom is -0.385 e. The molecule has 4 nitrogen and oxygen atoms in total. The van der Waals surface area contributed by atoms with Gasteiger partial charge in [-0.2, -0.15) is 0 Å². The third kappa shape index (κ3) is 2.42.